The lowest BCUT2D eigenvalue weighted by atomic mass is 9.81. The van der Waals surface area contributed by atoms with Crippen molar-refractivity contribution in [1.29, 1.82) is 0 Å². The Morgan fingerprint density at radius 1 is 0.964 bits per heavy atom. The van der Waals surface area contributed by atoms with Crippen LogP contribution in [0.15, 0.2) is 54.6 Å². The molecule has 1 aliphatic carbocycles. The van der Waals surface area contributed by atoms with E-state index in [0.29, 0.717) is 37.1 Å². The standard InChI is InChI=1S/C22H24N2O4/c25-20(23-14-15-6-2-1-3-7-15)17-9-5-11-19(13-17)24-21(26)16-8-4-10-18(12-16)22(27)28/h1-3,5-7,9,11,13,16,18H,4,8,10,12,14H2,(H,23,25)(H,24,26)(H,27,28). The van der Waals surface area contributed by atoms with Gasteiger partial charge in [-0.1, -0.05) is 42.8 Å². The Morgan fingerprint density at radius 2 is 1.71 bits per heavy atom. The predicted octanol–water partition coefficient (Wildman–Crippen LogP) is 3.45. The number of carbonyl (C=O) groups excluding carboxylic acids is 2. The smallest absolute Gasteiger partial charge is 0.306 e. The molecule has 146 valence electrons. The van der Waals surface area contributed by atoms with Gasteiger partial charge in [0, 0.05) is 23.7 Å². The van der Waals surface area contributed by atoms with E-state index in [1.165, 1.54) is 0 Å². The van der Waals surface area contributed by atoms with Gasteiger partial charge in [-0.15, -0.1) is 0 Å². The molecule has 28 heavy (non-hydrogen) atoms. The molecule has 0 aliphatic heterocycles. The van der Waals surface area contributed by atoms with Crippen LogP contribution in [0.2, 0.25) is 0 Å². The van der Waals surface area contributed by atoms with Gasteiger partial charge in [0.15, 0.2) is 0 Å². The highest BCUT2D eigenvalue weighted by atomic mass is 16.4. The largest absolute Gasteiger partial charge is 0.481 e. The van der Waals surface area contributed by atoms with Gasteiger partial charge in [0.05, 0.1) is 5.92 Å². The fraction of sp³-hybridized carbons (Fsp3) is 0.318. The number of aliphatic carboxylic acids is 1. The quantitative estimate of drug-likeness (QED) is 0.715. The van der Waals surface area contributed by atoms with E-state index in [1.807, 2.05) is 30.3 Å². The number of carboxylic acid groups (broad SMARTS) is 1. The molecule has 2 atom stereocenters. The molecule has 1 saturated carbocycles. The third kappa shape index (κ3) is 5.19. The molecule has 0 bridgehead atoms. The van der Waals surface area contributed by atoms with Crippen molar-refractivity contribution >= 4 is 23.5 Å². The van der Waals surface area contributed by atoms with Gasteiger partial charge in [-0.25, -0.2) is 0 Å². The van der Waals surface area contributed by atoms with Gasteiger partial charge in [-0.05, 0) is 43.0 Å². The third-order valence-corrected chi connectivity index (χ3v) is 5.08. The van der Waals surface area contributed by atoms with Crippen molar-refractivity contribution in [3.63, 3.8) is 0 Å². The lowest BCUT2D eigenvalue weighted by molar-refractivity contribution is -0.143. The number of rotatable bonds is 6. The first-order valence-corrected chi connectivity index (χ1v) is 9.49. The summed E-state index contributed by atoms with van der Waals surface area (Å²) < 4.78 is 0. The summed E-state index contributed by atoms with van der Waals surface area (Å²) in [6.07, 6.45) is 2.40. The van der Waals surface area contributed by atoms with Crippen LogP contribution >= 0.6 is 0 Å². The van der Waals surface area contributed by atoms with Crippen LogP contribution in [0.3, 0.4) is 0 Å². The van der Waals surface area contributed by atoms with Crippen molar-refractivity contribution in [3.8, 4) is 0 Å². The molecule has 2 unspecified atom stereocenters. The number of hydrogen-bond acceptors (Lipinski definition) is 3. The molecular weight excluding hydrogens is 356 g/mol. The average molecular weight is 380 g/mol. The maximum Gasteiger partial charge on any atom is 0.306 e. The van der Waals surface area contributed by atoms with E-state index in [4.69, 9.17) is 0 Å². The molecule has 6 nitrogen and oxygen atoms in total. The number of carbonyl (C=O) groups is 3. The number of hydrogen-bond donors (Lipinski definition) is 3. The van der Waals surface area contributed by atoms with Crippen molar-refractivity contribution in [2.24, 2.45) is 11.8 Å². The predicted molar refractivity (Wildman–Crippen MR) is 106 cm³/mol. The van der Waals surface area contributed by atoms with Crippen LogP contribution in [-0.4, -0.2) is 22.9 Å². The molecule has 2 aromatic carbocycles. The van der Waals surface area contributed by atoms with E-state index in [0.717, 1.165) is 12.0 Å². The van der Waals surface area contributed by atoms with Crippen molar-refractivity contribution in [2.45, 2.75) is 32.2 Å². The summed E-state index contributed by atoms with van der Waals surface area (Å²) >= 11 is 0. The molecule has 0 spiro atoms. The molecule has 0 heterocycles. The lowest BCUT2D eigenvalue weighted by Gasteiger charge is -2.25. The van der Waals surface area contributed by atoms with Gasteiger partial charge in [-0.2, -0.15) is 0 Å². The second kappa shape index (κ2) is 9.17. The van der Waals surface area contributed by atoms with E-state index >= 15 is 0 Å². The van der Waals surface area contributed by atoms with Crippen LogP contribution < -0.4 is 10.6 Å². The molecule has 1 aliphatic rings. The first-order chi connectivity index (χ1) is 13.5. The van der Waals surface area contributed by atoms with Crippen molar-refractivity contribution < 1.29 is 19.5 Å². The molecular formula is C22H24N2O4. The summed E-state index contributed by atoms with van der Waals surface area (Å²) in [5.41, 5.74) is 2.00. The lowest BCUT2D eigenvalue weighted by Crippen LogP contribution is -2.31. The van der Waals surface area contributed by atoms with Gasteiger partial charge in [0.25, 0.3) is 5.91 Å². The Labute approximate surface area is 164 Å². The Kier molecular flexibility index (Phi) is 6.42. The van der Waals surface area contributed by atoms with E-state index in [2.05, 4.69) is 10.6 Å². The summed E-state index contributed by atoms with van der Waals surface area (Å²) in [6, 6.07) is 16.4. The highest BCUT2D eigenvalue weighted by Gasteiger charge is 2.31. The summed E-state index contributed by atoms with van der Waals surface area (Å²) in [5, 5.41) is 14.9. The Balaban J connectivity index is 1.58. The zero-order valence-electron chi connectivity index (χ0n) is 15.6. The second-order valence-corrected chi connectivity index (χ2v) is 7.14. The summed E-state index contributed by atoms with van der Waals surface area (Å²) in [5.74, 6) is -2.02. The minimum atomic E-state index is -0.838. The highest BCUT2D eigenvalue weighted by molar-refractivity contribution is 5.97. The minimum Gasteiger partial charge on any atom is -0.481 e. The second-order valence-electron chi connectivity index (χ2n) is 7.14. The molecule has 6 heteroatoms. The number of carboxylic acids is 1. The van der Waals surface area contributed by atoms with Gasteiger partial charge < -0.3 is 15.7 Å². The van der Waals surface area contributed by atoms with Crippen LogP contribution in [0.5, 0.6) is 0 Å². The van der Waals surface area contributed by atoms with Crippen molar-refractivity contribution in [2.75, 3.05) is 5.32 Å². The van der Waals surface area contributed by atoms with Crippen LogP contribution in [0.1, 0.15) is 41.6 Å². The molecule has 3 rings (SSSR count). The average Bonchev–Trinajstić information content (AvgIpc) is 2.73. The van der Waals surface area contributed by atoms with E-state index in [-0.39, 0.29) is 17.7 Å². The fourth-order valence-electron chi connectivity index (χ4n) is 3.51. The summed E-state index contributed by atoms with van der Waals surface area (Å²) in [7, 11) is 0. The molecule has 3 N–H and O–H groups in total. The number of anilines is 1. The van der Waals surface area contributed by atoms with E-state index in [9.17, 15) is 19.5 Å². The van der Waals surface area contributed by atoms with Gasteiger partial charge >= 0.3 is 5.97 Å². The molecule has 0 aromatic heterocycles. The molecule has 0 radical (unpaired) electrons. The van der Waals surface area contributed by atoms with Gasteiger partial charge in [0.1, 0.15) is 0 Å². The van der Waals surface area contributed by atoms with Crippen molar-refractivity contribution in [1.82, 2.24) is 5.32 Å². The van der Waals surface area contributed by atoms with Crippen LogP contribution in [0.4, 0.5) is 5.69 Å². The Hall–Kier alpha value is -3.15. The maximum atomic E-state index is 12.5. The van der Waals surface area contributed by atoms with Crippen LogP contribution in [0.25, 0.3) is 0 Å². The summed E-state index contributed by atoms with van der Waals surface area (Å²) in [4.78, 5) is 36.1. The first kappa shape index (κ1) is 19.6. The number of nitrogens with one attached hydrogen (secondary N) is 2. The Morgan fingerprint density at radius 3 is 2.46 bits per heavy atom. The molecule has 2 aromatic rings. The summed E-state index contributed by atoms with van der Waals surface area (Å²) in [6.45, 7) is 0.426. The highest BCUT2D eigenvalue weighted by Crippen LogP contribution is 2.30. The monoisotopic (exact) mass is 380 g/mol. The fourth-order valence-corrected chi connectivity index (χ4v) is 3.51. The van der Waals surface area contributed by atoms with Crippen LogP contribution in [-0.2, 0) is 16.1 Å². The SMILES string of the molecule is O=C(NCc1ccccc1)c1cccc(NC(=O)C2CCCC(C(=O)O)C2)c1. The third-order valence-electron chi connectivity index (χ3n) is 5.08. The first-order valence-electron chi connectivity index (χ1n) is 9.49. The van der Waals surface area contributed by atoms with Crippen molar-refractivity contribution in [3.05, 3.63) is 65.7 Å². The topological polar surface area (TPSA) is 95.5 Å². The van der Waals surface area contributed by atoms with Gasteiger partial charge in [0.2, 0.25) is 5.91 Å². The maximum absolute atomic E-state index is 12.5. The number of amides is 2. The van der Waals surface area contributed by atoms with Gasteiger partial charge in [-0.3, -0.25) is 14.4 Å². The zero-order chi connectivity index (χ0) is 19.9. The normalized spacial score (nSPS) is 18.9. The minimum absolute atomic E-state index is 0.187. The van der Waals surface area contributed by atoms with E-state index in [1.54, 1.807) is 24.3 Å². The Bertz CT molecular complexity index is 851. The van der Waals surface area contributed by atoms with Crippen LogP contribution in [0, 0.1) is 11.8 Å². The number of benzene rings is 2. The molecule has 1 fully saturated rings. The molecule has 0 saturated heterocycles. The molecule has 2 amide bonds. The van der Waals surface area contributed by atoms with E-state index < -0.39 is 11.9 Å². The zero-order valence-corrected chi connectivity index (χ0v) is 15.6.